The Bertz CT molecular complexity index is 1060. The van der Waals surface area contributed by atoms with Crippen molar-refractivity contribution >= 4 is 5.96 Å². The van der Waals surface area contributed by atoms with Crippen LogP contribution in [0.3, 0.4) is 0 Å². The van der Waals surface area contributed by atoms with Crippen molar-refractivity contribution < 1.29 is 4.74 Å². The van der Waals surface area contributed by atoms with Crippen LogP contribution in [0, 0.1) is 11.8 Å². The largest absolute Gasteiger partial charge is 0.378 e. The molecule has 0 aromatic carbocycles. The molecule has 5 heteroatoms. The predicted octanol–water partition coefficient (Wildman–Crippen LogP) is 4.42. The molecule has 0 bridgehead atoms. The number of hydrogen-bond acceptors (Lipinski definition) is 5. The molecule has 0 spiro atoms. The quantitative estimate of drug-likeness (QED) is 0.655. The van der Waals surface area contributed by atoms with Gasteiger partial charge in [0.25, 0.3) is 0 Å². The molecule has 6 rings (SSSR count). The Kier molecular flexibility index (Phi) is 5.61. The summed E-state index contributed by atoms with van der Waals surface area (Å²) in [5, 5.41) is 3.75. The van der Waals surface area contributed by atoms with Crippen LogP contribution >= 0.6 is 0 Å². The predicted molar refractivity (Wildman–Crippen MR) is 132 cm³/mol. The first-order valence-electron chi connectivity index (χ1n) is 12.7. The molecule has 1 saturated carbocycles. The molecule has 0 radical (unpaired) electrons. The number of guanidine groups is 1. The normalized spacial score (nSPS) is 29.2. The number of fused-ring (bicyclic) bond motifs is 1. The van der Waals surface area contributed by atoms with Gasteiger partial charge >= 0.3 is 0 Å². The van der Waals surface area contributed by atoms with Gasteiger partial charge in [0, 0.05) is 30.9 Å². The molecule has 2 unspecified atom stereocenters. The molecule has 2 saturated heterocycles. The SMILES string of the molecule is CCC1=C=CC=CC(C2=C3CCN(C4=CCC(C5CC5)C=C4)C3N=C(N3CCOCC3)N2)=C1. The maximum absolute atomic E-state index is 5.61. The molecule has 33 heavy (non-hydrogen) atoms. The summed E-state index contributed by atoms with van der Waals surface area (Å²) in [6.07, 6.45) is 22.0. The second-order valence-electron chi connectivity index (χ2n) is 9.77. The Balaban J connectivity index is 1.34. The number of likely N-dealkylation sites (tertiary alicyclic amines) is 1. The number of allylic oxidation sites excluding steroid dienone is 7. The minimum atomic E-state index is 0.0621. The van der Waals surface area contributed by atoms with Crippen LogP contribution in [-0.2, 0) is 4.74 Å². The highest BCUT2D eigenvalue weighted by Crippen LogP contribution is 2.42. The number of morpholine rings is 1. The Hall–Kier alpha value is -2.75. The van der Waals surface area contributed by atoms with E-state index in [0.717, 1.165) is 63.5 Å². The molecule has 6 aliphatic rings. The van der Waals surface area contributed by atoms with Crippen LogP contribution in [0.2, 0.25) is 0 Å². The fraction of sp³-hybridized carbons (Fsp3) is 0.500. The molecule has 0 aromatic heterocycles. The molecule has 5 nitrogen and oxygen atoms in total. The van der Waals surface area contributed by atoms with Gasteiger partial charge in [-0.1, -0.05) is 31.2 Å². The lowest BCUT2D eigenvalue weighted by Gasteiger charge is -2.37. The van der Waals surface area contributed by atoms with Gasteiger partial charge in [-0.3, -0.25) is 0 Å². The van der Waals surface area contributed by atoms with Crippen LogP contribution in [0.4, 0.5) is 0 Å². The fourth-order valence-electron chi connectivity index (χ4n) is 5.54. The van der Waals surface area contributed by atoms with Crippen LogP contribution in [0.1, 0.15) is 39.0 Å². The molecule has 3 heterocycles. The van der Waals surface area contributed by atoms with Gasteiger partial charge in [-0.05, 0) is 73.3 Å². The van der Waals surface area contributed by atoms with Crippen molar-refractivity contribution in [2.24, 2.45) is 16.8 Å². The lowest BCUT2D eigenvalue weighted by atomic mass is 9.94. The van der Waals surface area contributed by atoms with Gasteiger partial charge in [-0.15, -0.1) is 5.73 Å². The van der Waals surface area contributed by atoms with E-state index in [0.29, 0.717) is 0 Å². The van der Waals surface area contributed by atoms with E-state index in [9.17, 15) is 0 Å². The zero-order chi connectivity index (χ0) is 22.2. The maximum Gasteiger partial charge on any atom is 0.201 e. The van der Waals surface area contributed by atoms with E-state index >= 15 is 0 Å². The van der Waals surface area contributed by atoms with Gasteiger partial charge < -0.3 is 19.9 Å². The first-order chi connectivity index (χ1) is 16.3. The van der Waals surface area contributed by atoms with Gasteiger partial charge in [0.15, 0.2) is 0 Å². The number of hydrogen-bond donors (Lipinski definition) is 1. The molecule has 2 atom stereocenters. The van der Waals surface area contributed by atoms with Crippen LogP contribution in [-0.4, -0.2) is 54.8 Å². The smallest absolute Gasteiger partial charge is 0.201 e. The lowest BCUT2D eigenvalue weighted by molar-refractivity contribution is 0.0663. The molecule has 3 fully saturated rings. The van der Waals surface area contributed by atoms with E-state index in [4.69, 9.17) is 9.73 Å². The zero-order valence-electron chi connectivity index (χ0n) is 19.6. The molecule has 172 valence electrons. The average Bonchev–Trinajstić information content (AvgIpc) is 3.67. The number of nitrogens with one attached hydrogen (secondary N) is 1. The molecule has 0 amide bonds. The molecular formula is C28H34N4O. The van der Waals surface area contributed by atoms with Gasteiger partial charge in [-0.25, -0.2) is 4.99 Å². The topological polar surface area (TPSA) is 40.1 Å². The van der Waals surface area contributed by atoms with Crippen LogP contribution in [0.15, 0.2) is 81.4 Å². The highest BCUT2D eigenvalue weighted by atomic mass is 16.5. The maximum atomic E-state index is 5.61. The van der Waals surface area contributed by atoms with E-state index in [1.807, 2.05) is 6.08 Å². The summed E-state index contributed by atoms with van der Waals surface area (Å²) in [7, 11) is 0. The van der Waals surface area contributed by atoms with Gasteiger partial charge in [0.2, 0.25) is 5.96 Å². The minimum Gasteiger partial charge on any atom is -0.378 e. The molecular weight excluding hydrogens is 408 g/mol. The minimum absolute atomic E-state index is 0.0621. The van der Waals surface area contributed by atoms with Gasteiger partial charge in [-0.2, -0.15) is 0 Å². The van der Waals surface area contributed by atoms with E-state index in [2.05, 4.69) is 64.2 Å². The summed E-state index contributed by atoms with van der Waals surface area (Å²) < 4.78 is 5.61. The summed E-state index contributed by atoms with van der Waals surface area (Å²) in [6.45, 7) is 6.48. The molecule has 3 aliphatic carbocycles. The molecule has 0 aromatic rings. The van der Waals surface area contributed by atoms with Crippen LogP contribution in [0.5, 0.6) is 0 Å². The van der Waals surface area contributed by atoms with Crippen molar-refractivity contribution in [1.82, 2.24) is 15.1 Å². The zero-order valence-corrected chi connectivity index (χ0v) is 19.6. The highest BCUT2D eigenvalue weighted by molar-refractivity contribution is 5.85. The first kappa shape index (κ1) is 20.8. The van der Waals surface area contributed by atoms with E-state index in [-0.39, 0.29) is 6.17 Å². The second kappa shape index (κ2) is 8.89. The van der Waals surface area contributed by atoms with Crippen LogP contribution in [0.25, 0.3) is 0 Å². The third kappa shape index (κ3) is 4.16. The van der Waals surface area contributed by atoms with Crippen LogP contribution < -0.4 is 5.32 Å². The first-order valence-corrected chi connectivity index (χ1v) is 12.7. The van der Waals surface area contributed by atoms with E-state index in [1.54, 1.807) is 0 Å². The lowest BCUT2D eigenvalue weighted by Crippen LogP contribution is -2.50. The summed E-state index contributed by atoms with van der Waals surface area (Å²) in [5.74, 6) is 2.65. The molecule has 3 aliphatic heterocycles. The summed E-state index contributed by atoms with van der Waals surface area (Å²) in [5.41, 5.74) is 9.85. The Morgan fingerprint density at radius 3 is 2.82 bits per heavy atom. The van der Waals surface area contributed by atoms with Crippen molar-refractivity contribution in [2.75, 3.05) is 32.8 Å². The Labute approximate surface area is 197 Å². The second-order valence-corrected chi connectivity index (χ2v) is 9.77. The van der Waals surface area contributed by atoms with Crippen molar-refractivity contribution in [3.8, 4) is 0 Å². The fourth-order valence-corrected chi connectivity index (χ4v) is 5.54. The Morgan fingerprint density at radius 2 is 2.06 bits per heavy atom. The number of aliphatic imine (C=N–C) groups is 1. The average molecular weight is 443 g/mol. The van der Waals surface area contributed by atoms with Crippen molar-refractivity contribution in [1.29, 1.82) is 0 Å². The standard InChI is InChI=1S/C28H34N4O/c1-2-20-5-3-4-6-23(19-20)26-25-13-14-32(24-11-9-22(10-12-24)21-7-8-21)27(25)30-28(29-26)31-15-17-33-18-16-31/h3-4,6,9,11-12,19,21-22,27H,2,7-8,10,13-18H2,1H3,(H,29,30). The summed E-state index contributed by atoms with van der Waals surface area (Å²) in [4.78, 5) is 10.2. The van der Waals surface area contributed by atoms with Crippen molar-refractivity contribution in [3.63, 3.8) is 0 Å². The van der Waals surface area contributed by atoms with Crippen molar-refractivity contribution in [3.05, 3.63) is 76.4 Å². The number of rotatable bonds is 4. The third-order valence-corrected chi connectivity index (χ3v) is 7.65. The number of nitrogens with zero attached hydrogens (tertiary/aromatic N) is 3. The summed E-state index contributed by atoms with van der Waals surface area (Å²) >= 11 is 0. The van der Waals surface area contributed by atoms with E-state index in [1.165, 1.54) is 47.4 Å². The third-order valence-electron chi connectivity index (χ3n) is 7.65. The highest BCUT2D eigenvalue weighted by Gasteiger charge is 2.38. The van der Waals surface area contributed by atoms with Gasteiger partial charge in [0.05, 0.1) is 18.9 Å². The van der Waals surface area contributed by atoms with Gasteiger partial charge in [0.1, 0.15) is 6.17 Å². The Morgan fingerprint density at radius 1 is 1.18 bits per heavy atom. The number of ether oxygens (including phenoxy) is 1. The van der Waals surface area contributed by atoms with E-state index < -0.39 is 0 Å². The molecule has 1 N–H and O–H groups in total. The summed E-state index contributed by atoms with van der Waals surface area (Å²) in [6, 6.07) is 0. The van der Waals surface area contributed by atoms with Crippen molar-refractivity contribution in [2.45, 2.75) is 45.2 Å². The monoisotopic (exact) mass is 442 g/mol.